The number of aliphatic hydroxyl groups excluding tert-OH is 1. The van der Waals surface area contributed by atoms with E-state index >= 15 is 0 Å². The first-order valence-electron chi connectivity index (χ1n) is 8.46. The average molecular weight is 448 g/mol. The monoisotopic (exact) mass is 447 g/mol. The summed E-state index contributed by atoms with van der Waals surface area (Å²) in [5.41, 5.74) is 1.08. The van der Waals surface area contributed by atoms with Crippen LogP contribution < -0.4 is 9.47 Å². The van der Waals surface area contributed by atoms with Gasteiger partial charge in [0.25, 0.3) is 4.73 Å². The van der Waals surface area contributed by atoms with E-state index in [0.29, 0.717) is 18.1 Å². The molecule has 1 aromatic heterocycles. The molecule has 0 fully saturated rings. The van der Waals surface area contributed by atoms with Crippen LogP contribution in [0.3, 0.4) is 0 Å². The van der Waals surface area contributed by atoms with E-state index in [1.165, 1.54) is 10.8 Å². The lowest BCUT2D eigenvalue weighted by Gasteiger charge is -2.13. The lowest BCUT2D eigenvalue weighted by atomic mass is 10.2. The summed E-state index contributed by atoms with van der Waals surface area (Å²) in [5.74, 6) is 1.01. The first kappa shape index (κ1) is 19.8. The van der Waals surface area contributed by atoms with Crippen LogP contribution in [0.5, 0.6) is 11.5 Å². The van der Waals surface area contributed by atoms with Crippen molar-refractivity contribution in [3.63, 3.8) is 0 Å². The number of hydrogen-bond donors (Lipinski definition) is 1. The van der Waals surface area contributed by atoms with Crippen LogP contribution in [0.4, 0.5) is 5.82 Å². The fourth-order valence-corrected chi connectivity index (χ4v) is 2.87. The maximum absolute atomic E-state index is 10.7. The maximum Gasteiger partial charge on any atom is 0.382 e. The van der Waals surface area contributed by atoms with Gasteiger partial charge in [-0.25, -0.2) is 0 Å². The predicted molar refractivity (Wildman–Crippen MR) is 105 cm³/mol. The predicted octanol–water partition coefficient (Wildman–Crippen LogP) is 3.57. The van der Waals surface area contributed by atoms with Gasteiger partial charge in [0, 0.05) is 15.9 Å². The van der Waals surface area contributed by atoms with Gasteiger partial charge in [0.2, 0.25) is 0 Å². The number of aromatic nitrogens is 2. The molecule has 0 aliphatic rings. The molecule has 0 saturated heterocycles. The Hall–Kier alpha value is -2.91. The van der Waals surface area contributed by atoms with Gasteiger partial charge in [-0.05, 0) is 39.7 Å². The number of aliphatic hydroxyl groups is 1. The van der Waals surface area contributed by atoms with Crippen LogP contribution in [0.15, 0.2) is 65.5 Å². The van der Waals surface area contributed by atoms with Crippen molar-refractivity contribution in [1.82, 2.24) is 9.55 Å². The van der Waals surface area contributed by atoms with E-state index in [-0.39, 0.29) is 23.7 Å². The molecule has 8 nitrogen and oxygen atoms in total. The topological polar surface area (TPSA) is 99.7 Å². The van der Waals surface area contributed by atoms with Crippen LogP contribution in [-0.2, 0) is 13.2 Å². The van der Waals surface area contributed by atoms with Crippen molar-refractivity contribution in [2.24, 2.45) is 0 Å². The highest BCUT2D eigenvalue weighted by Crippen LogP contribution is 2.20. The highest BCUT2D eigenvalue weighted by molar-refractivity contribution is 9.10. The summed E-state index contributed by atoms with van der Waals surface area (Å²) in [4.78, 5) is 13.9. The van der Waals surface area contributed by atoms with E-state index in [2.05, 4.69) is 20.9 Å². The molecule has 0 aliphatic heterocycles. The molecule has 9 heteroatoms. The highest BCUT2D eigenvalue weighted by Gasteiger charge is 2.18. The smallest absolute Gasteiger partial charge is 0.382 e. The average Bonchev–Trinajstić information content (AvgIpc) is 3.07. The van der Waals surface area contributed by atoms with Gasteiger partial charge >= 0.3 is 5.82 Å². The van der Waals surface area contributed by atoms with Crippen LogP contribution in [0, 0.1) is 10.1 Å². The van der Waals surface area contributed by atoms with E-state index < -0.39 is 11.0 Å². The van der Waals surface area contributed by atoms with Crippen LogP contribution in [0.25, 0.3) is 0 Å². The largest absolute Gasteiger partial charge is 0.491 e. The number of nitro groups is 1. The number of hydrogen-bond acceptors (Lipinski definition) is 6. The zero-order valence-corrected chi connectivity index (χ0v) is 16.4. The molecule has 146 valence electrons. The lowest BCUT2D eigenvalue weighted by Crippen LogP contribution is -2.23. The SMILES string of the molecule is O=[N+]([O-])c1cn(CC(O)COc2ccc(OCc3ccccc3)cc2)c(Br)n1. The number of ether oxygens (including phenoxy) is 2. The number of nitrogens with zero attached hydrogens (tertiary/aromatic N) is 3. The minimum absolute atomic E-state index is 0.0304. The van der Waals surface area contributed by atoms with Gasteiger partial charge < -0.3 is 24.7 Å². The Bertz CT molecular complexity index is 915. The maximum atomic E-state index is 10.7. The number of rotatable bonds is 9. The van der Waals surface area contributed by atoms with Crippen molar-refractivity contribution in [2.75, 3.05) is 6.61 Å². The number of imidazole rings is 1. The van der Waals surface area contributed by atoms with Crippen LogP contribution >= 0.6 is 15.9 Å². The van der Waals surface area contributed by atoms with E-state index in [4.69, 9.17) is 9.47 Å². The Morgan fingerprint density at radius 3 is 2.36 bits per heavy atom. The molecule has 0 radical (unpaired) electrons. The van der Waals surface area contributed by atoms with Gasteiger partial charge in [0.15, 0.2) is 0 Å². The Morgan fingerprint density at radius 1 is 1.11 bits per heavy atom. The van der Waals surface area contributed by atoms with Crippen LogP contribution in [-0.4, -0.2) is 32.3 Å². The van der Waals surface area contributed by atoms with Gasteiger partial charge in [-0.3, -0.25) is 4.57 Å². The van der Waals surface area contributed by atoms with Gasteiger partial charge in [-0.2, -0.15) is 0 Å². The van der Waals surface area contributed by atoms with Gasteiger partial charge in [0.1, 0.15) is 37.0 Å². The molecular formula is C19H18BrN3O5. The summed E-state index contributed by atoms with van der Waals surface area (Å²) < 4.78 is 13.0. The molecule has 1 unspecified atom stereocenters. The number of halogens is 1. The van der Waals surface area contributed by atoms with Gasteiger partial charge in [-0.1, -0.05) is 30.3 Å². The van der Waals surface area contributed by atoms with Crippen molar-refractivity contribution in [3.05, 3.63) is 81.2 Å². The molecule has 3 rings (SSSR count). The normalized spacial score (nSPS) is 11.8. The standard InChI is InChI=1S/C19H18BrN3O5/c20-19-21-18(23(25)26)11-22(19)10-15(24)13-28-17-8-6-16(7-9-17)27-12-14-4-2-1-3-5-14/h1-9,11,15,24H,10,12-13H2. The third kappa shape index (κ3) is 5.54. The van der Waals surface area contributed by atoms with E-state index in [1.807, 2.05) is 30.3 Å². The third-order valence-electron chi connectivity index (χ3n) is 3.82. The number of benzene rings is 2. The Balaban J connectivity index is 1.47. The van der Waals surface area contributed by atoms with Gasteiger partial charge in [0.05, 0.1) is 6.54 Å². The van der Waals surface area contributed by atoms with Crippen molar-refractivity contribution < 1.29 is 19.5 Å². The third-order valence-corrected chi connectivity index (χ3v) is 4.46. The Labute approximate surface area is 169 Å². The molecule has 1 N–H and O–H groups in total. The Morgan fingerprint density at radius 2 is 1.75 bits per heavy atom. The lowest BCUT2D eigenvalue weighted by molar-refractivity contribution is -0.389. The first-order chi connectivity index (χ1) is 13.5. The molecule has 1 heterocycles. The van der Waals surface area contributed by atoms with Crippen LogP contribution in [0.1, 0.15) is 5.56 Å². The second kappa shape index (κ2) is 9.34. The Kier molecular flexibility index (Phi) is 6.62. The molecule has 2 aromatic carbocycles. The molecule has 1 atom stereocenters. The summed E-state index contributed by atoms with van der Waals surface area (Å²) in [7, 11) is 0. The second-order valence-electron chi connectivity index (χ2n) is 5.99. The van der Waals surface area contributed by atoms with E-state index in [1.54, 1.807) is 24.3 Å². The molecular weight excluding hydrogens is 430 g/mol. The highest BCUT2D eigenvalue weighted by atomic mass is 79.9. The van der Waals surface area contributed by atoms with E-state index in [9.17, 15) is 15.2 Å². The zero-order valence-electron chi connectivity index (χ0n) is 14.8. The molecule has 0 saturated carbocycles. The van der Waals surface area contributed by atoms with Crippen molar-refractivity contribution >= 4 is 21.7 Å². The molecule has 0 spiro atoms. The van der Waals surface area contributed by atoms with Gasteiger partial charge in [-0.15, -0.1) is 0 Å². The van der Waals surface area contributed by atoms with Crippen molar-refractivity contribution in [1.29, 1.82) is 0 Å². The minimum Gasteiger partial charge on any atom is -0.491 e. The molecule has 0 bridgehead atoms. The summed E-state index contributed by atoms with van der Waals surface area (Å²) in [5, 5.41) is 20.8. The summed E-state index contributed by atoms with van der Waals surface area (Å²) in [6.07, 6.45) is 0.394. The summed E-state index contributed by atoms with van der Waals surface area (Å²) in [6.45, 7) is 0.619. The quantitative estimate of drug-likeness (QED) is 0.397. The second-order valence-corrected chi connectivity index (χ2v) is 6.70. The minimum atomic E-state index is -0.862. The fraction of sp³-hybridized carbons (Fsp3) is 0.211. The zero-order chi connectivity index (χ0) is 19.9. The van der Waals surface area contributed by atoms with Crippen molar-refractivity contribution in [2.45, 2.75) is 19.3 Å². The van der Waals surface area contributed by atoms with Crippen LogP contribution in [0.2, 0.25) is 0 Å². The molecule has 3 aromatic rings. The van der Waals surface area contributed by atoms with Crippen molar-refractivity contribution in [3.8, 4) is 11.5 Å². The summed E-state index contributed by atoms with van der Waals surface area (Å²) >= 11 is 3.13. The summed E-state index contributed by atoms with van der Waals surface area (Å²) in [6, 6.07) is 17.0. The fourth-order valence-electron chi connectivity index (χ4n) is 2.44. The molecule has 28 heavy (non-hydrogen) atoms. The van der Waals surface area contributed by atoms with E-state index in [0.717, 1.165) is 5.56 Å². The molecule has 0 aliphatic carbocycles. The first-order valence-corrected chi connectivity index (χ1v) is 9.25. The molecule has 0 amide bonds.